The third kappa shape index (κ3) is 5.87. The highest BCUT2D eigenvalue weighted by Crippen LogP contribution is 2.16. The van der Waals surface area contributed by atoms with Crippen molar-refractivity contribution in [2.24, 2.45) is 0 Å². The van der Waals surface area contributed by atoms with Gasteiger partial charge < -0.3 is 15.4 Å². The summed E-state index contributed by atoms with van der Waals surface area (Å²) in [6.07, 6.45) is 1.75. The molecule has 1 amide bonds. The molecule has 1 heterocycles. The van der Waals surface area contributed by atoms with Crippen molar-refractivity contribution in [2.45, 2.75) is 12.8 Å². The fourth-order valence-corrected chi connectivity index (χ4v) is 2.74. The highest BCUT2D eigenvalue weighted by atomic mass is 16.5. The quantitative estimate of drug-likeness (QED) is 0.452. The second kappa shape index (κ2) is 9.98. The first kappa shape index (κ1) is 20.0. The van der Waals surface area contributed by atoms with E-state index in [9.17, 15) is 9.59 Å². The number of carbonyl (C=O) groups is 2. The number of esters is 1. The normalized spacial score (nSPS) is 10.2. The Balaban J connectivity index is 1.50. The standard InChI is InChI=1S/C22H22N4O3/c1-29-22(28)17-10-5-11-18(15-17)24-20-13-12-19(25-26-20)21(27)23-14-6-9-16-7-3-2-4-8-16/h2-5,7-8,10-13,15H,6,9,14H2,1H3,(H,23,27)(H,24,26). The summed E-state index contributed by atoms with van der Waals surface area (Å²) in [6.45, 7) is 0.565. The third-order valence-electron chi connectivity index (χ3n) is 4.22. The molecule has 1 aromatic heterocycles. The molecule has 0 bridgehead atoms. The Kier molecular flexibility index (Phi) is 6.89. The van der Waals surface area contributed by atoms with Crippen LogP contribution in [0.2, 0.25) is 0 Å². The Morgan fingerprint density at radius 1 is 0.966 bits per heavy atom. The molecule has 0 saturated carbocycles. The summed E-state index contributed by atoms with van der Waals surface area (Å²) in [5, 5.41) is 13.9. The van der Waals surface area contributed by atoms with E-state index < -0.39 is 5.97 Å². The van der Waals surface area contributed by atoms with Gasteiger partial charge in [0.15, 0.2) is 11.5 Å². The summed E-state index contributed by atoms with van der Waals surface area (Å²) in [6, 6.07) is 20.2. The van der Waals surface area contributed by atoms with Crippen LogP contribution in [0, 0.1) is 0 Å². The fourth-order valence-electron chi connectivity index (χ4n) is 2.74. The van der Waals surface area contributed by atoms with Crippen LogP contribution in [0.25, 0.3) is 0 Å². The van der Waals surface area contributed by atoms with E-state index in [2.05, 4.69) is 33.0 Å². The molecule has 0 atom stereocenters. The number of ether oxygens (including phenoxy) is 1. The van der Waals surface area contributed by atoms with Crippen LogP contribution < -0.4 is 10.6 Å². The summed E-state index contributed by atoms with van der Waals surface area (Å²) >= 11 is 0. The number of carbonyl (C=O) groups excluding carboxylic acids is 2. The van der Waals surface area contributed by atoms with Crippen LogP contribution in [0.4, 0.5) is 11.5 Å². The van der Waals surface area contributed by atoms with Gasteiger partial charge in [0.25, 0.3) is 5.91 Å². The molecular weight excluding hydrogens is 368 g/mol. The highest BCUT2D eigenvalue weighted by molar-refractivity contribution is 5.92. The Hall–Kier alpha value is -3.74. The fraction of sp³-hybridized carbons (Fsp3) is 0.182. The van der Waals surface area contributed by atoms with Gasteiger partial charge in [-0.15, -0.1) is 10.2 Å². The van der Waals surface area contributed by atoms with E-state index >= 15 is 0 Å². The number of aryl methyl sites for hydroxylation is 1. The van der Waals surface area contributed by atoms with Gasteiger partial charge in [-0.3, -0.25) is 4.79 Å². The Morgan fingerprint density at radius 2 is 1.79 bits per heavy atom. The molecule has 29 heavy (non-hydrogen) atoms. The number of amides is 1. The van der Waals surface area contributed by atoms with Gasteiger partial charge in [-0.2, -0.15) is 0 Å². The van der Waals surface area contributed by atoms with E-state index in [1.807, 2.05) is 18.2 Å². The second-order valence-electron chi connectivity index (χ2n) is 6.35. The SMILES string of the molecule is COC(=O)c1cccc(Nc2ccc(C(=O)NCCCc3ccccc3)nn2)c1. The number of nitrogens with one attached hydrogen (secondary N) is 2. The van der Waals surface area contributed by atoms with E-state index in [-0.39, 0.29) is 11.6 Å². The zero-order valence-electron chi connectivity index (χ0n) is 16.1. The lowest BCUT2D eigenvalue weighted by atomic mass is 10.1. The van der Waals surface area contributed by atoms with Crippen molar-refractivity contribution < 1.29 is 14.3 Å². The zero-order chi connectivity index (χ0) is 20.5. The van der Waals surface area contributed by atoms with Crippen LogP contribution in [0.3, 0.4) is 0 Å². The summed E-state index contributed by atoms with van der Waals surface area (Å²) < 4.78 is 4.71. The van der Waals surface area contributed by atoms with Gasteiger partial charge in [0, 0.05) is 12.2 Å². The third-order valence-corrected chi connectivity index (χ3v) is 4.22. The Labute approximate surface area is 169 Å². The van der Waals surface area contributed by atoms with Gasteiger partial charge in [-0.05, 0) is 48.7 Å². The van der Waals surface area contributed by atoms with Crippen molar-refractivity contribution in [1.29, 1.82) is 0 Å². The molecule has 0 radical (unpaired) electrons. The van der Waals surface area contributed by atoms with E-state index in [1.165, 1.54) is 12.7 Å². The van der Waals surface area contributed by atoms with Crippen LogP contribution in [0.15, 0.2) is 66.7 Å². The Bertz CT molecular complexity index is 959. The van der Waals surface area contributed by atoms with Crippen molar-refractivity contribution in [3.8, 4) is 0 Å². The van der Waals surface area contributed by atoms with Crippen molar-refractivity contribution in [2.75, 3.05) is 19.0 Å². The number of hydrogen-bond acceptors (Lipinski definition) is 6. The smallest absolute Gasteiger partial charge is 0.337 e. The molecule has 0 saturated heterocycles. The van der Waals surface area contributed by atoms with E-state index in [0.717, 1.165) is 12.8 Å². The van der Waals surface area contributed by atoms with Gasteiger partial charge in [0.2, 0.25) is 0 Å². The van der Waals surface area contributed by atoms with Gasteiger partial charge in [0.05, 0.1) is 12.7 Å². The highest BCUT2D eigenvalue weighted by Gasteiger charge is 2.09. The number of rotatable bonds is 8. The molecule has 0 aliphatic rings. The average molecular weight is 390 g/mol. The number of nitrogens with zero attached hydrogens (tertiary/aromatic N) is 2. The average Bonchev–Trinajstić information content (AvgIpc) is 2.77. The molecule has 2 N–H and O–H groups in total. The maximum Gasteiger partial charge on any atom is 0.337 e. The van der Waals surface area contributed by atoms with Crippen LogP contribution >= 0.6 is 0 Å². The van der Waals surface area contributed by atoms with Crippen LogP contribution in [-0.4, -0.2) is 35.7 Å². The Morgan fingerprint density at radius 3 is 2.52 bits per heavy atom. The molecular formula is C22H22N4O3. The predicted molar refractivity (Wildman–Crippen MR) is 110 cm³/mol. The van der Waals surface area contributed by atoms with Gasteiger partial charge >= 0.3 is 5.97 Å². The molecule has 2 aromatic carbocycles. The van der Waals surface area contributed by atoms with E-state index in [4.69, 9.17) is 4.74 Å². The van der Waals surface area contributed by atoms with Gasteiger partial charge in [0.1, 0.15) is 0 Å². The molecule has 0 spiro atoms. The maximum atomic E-state index is 12.2. The number of anilines is 2. The molecule has 7 nitrogen and oxygen atoms in total. The van der Waals surface area contributed by atoms with Crippen LogP contribution in [0.5, 0.6) is 0 Å². The number of hydrogen-bond donors (Lipinski definition) is 2. The van der Waals surface area contributed by atoms with Gasteiger partial charge in [-0.25, -0.2) is 4.79 Å². The topological polar surface area (TPSA) is 93.2 Å². The minimum Gasteiger partial charge on any atom is -0.465 e. The van der Waals surface area contributed by atoms with E-state index in [0.29, 0.717) is 23.6 Å². The monoisotopic (exact) mass is 390 g/mol. The molecule has 0 fully saturated rings. The first-order valence-corrected chi connectivity index (χ1v) is 9.27. The maximum absolute atomic E-state index is 12.2. The minimum atomic E-state index is -0.418. The van der Waals surface area contributed by atoms with Crippen molar-refractivity contribution in [1.82, 2.24) is 15.5 Å². The molecule has 3 aromatic rings. The molecule has 0 aliphatic carbocycles. The van der Waals surface area contributed by atoms with Crippen LogP contribution in [0.1, 0.15) is 32.8 Å². The number of methoxy groups -OCH3 is 1. The minimum absolute atomic E-state index is 0.249. The van der Waals surface area contributed by atoms with Crippen molar-refractivity contribution in [3.05, 3.63) is 83.6 Å². The lowest BCUT2D eigenvalue weighted by Crippen LogP contribution is -2.26. The number of benzene rings is 2. The lowest BCUT2D eigenvalue weighted by molar-refractivity contribution is 0.0600. The molecule has 148 valence electrons. The lowest BCUT2D eigenvalue weighted by Gasteiger charge is -2.08. The summed E-state index contributed by atoms with van der Waals surface area (Å²) in [5.74, 6) is -0.212. The molecule has 0 unspecified atom stereocenters. The molecule has 0 aliphatic heterocycles. The zero-order valence-corrected chi connectivity index (χ0v) is 16.1. The molecule has 3 rings (SSSR count). The molecule has 7 heteroatoms. The predicted octanol–water partition coefficient (Wildman–Crippen LogP) is 3.37. The summed E-state index contributed by atoms with van der Waals surface area (Å²) in [4.78, 5) is 23.8. The van der Waals surface area contributed by atoms with Crippen molar-refractivity contribution in [3.63, 3.8) is 0 Å². The first-order chi connectivity index (χ1) is 14.2. The first-order valence-electron chi connectivity index (χ1n) is 9.27. The largest absolute Gasteiger partial charge is 0.465 e. The van der Waals surface area contributed by atoms with Crippen molar-refractivity contribution >= 4 is 23.4 Å². The summed E-state index contributed by atoms with van der Waals surface area (Å²) in [7, 11) is 1.33. The number of aromatic nitrogens is 2. The van der Waals surface area contributed by atoms with Crippen LogP contribution in [-0.2, 0) is 11.2 Å². The summed E-state index contributed by atoms with van der Waals surface area (Å²) in [5.41, 5.74) is 2.59. The van der Waals surface area contributed by atoms with Gasteiger partial charge in [-0.1, -0.05) is 36.4 Å². The van der Waals surface area contributed by atoms with E-state index in [1.54, 1.807) is 36.4 Å². The second-order valence-corrected chi connectivity index (χ2v) is 6.35.